The van der Waals surface area contributed by atoms with E-state index in [1.54, 1.807) is 12.1 Å². The van der Waals surface area contributed by atoms with Crippen LogP contribution in [0.15, 0.2) is 24.3 Å². The van der Waals surface area contributed by atoms with E-state index in [0.29, 0.717) is 17.6 Å². The second kappa shape index (κ2) is 4.78. The van der Waals surface area contributed by atoms with Crippen LogP contribution in [0.1, 0.15) is 43.5 Å². The van der Waals surface area contributed by atoms with Crippen LogP contribution in [-0.2, 0) is 0 Å². The predicted molar refractivity (Wildman–Crippen MR) is 68.7 cm³/mol. The number of para-hydroxylation sites is 1. The van der Waals surface area contributed by atoms with Crippen LogP contribution in [0.3, 0.4) is 0 Å². The molecule has 3 nitrogen and oxygen atoms in total. The molecule has 2 atom stereocenters. The number of nitrogens with zero attached hydrogens (tertiary/aromatic N) is 1. The highest BCUT2D eigenvalue weighted by atomic mass is 16.4. The Hall–Kier alpha value is -1.51. The van der Waals surface area contributed by atoms with E-state index in [1.165, 1.54) is 6.42 Å². The number of anilines is 1. The normalized spacial score (nSPS) is 24.7. The molecule has 2 rings (SSSR count). The number of hydrogen-bond acceptors (Lipinski definition) is 2. The largest absolute Gasteiger partial charge is 0.478 e. The first kappa shape index (κ1) is 12.0. The quantitative estimate of drug-likeness (QED) is 0.853. The third kappa shape index (κ3) is 2.28. The first-order valence-electron chi connectivity index (χ1n) is 6.22. The third-order valence-corrected chi connectivity index (χ3v) is 3.61. The summed E-state index contributed by atoms with van der Waals surface area (Å²) in [5, 5.41) is 9.24. The molecule has 1 saturated heterocycles. The number of benzene rings is 1. The van der Waals surface area contributed by atoms with Crippen molar-refractivity contribution < 1.29 is 9.90 Å². The van der Waals surface area contributed by atoms with Crippen LogP contribution < -0.4 is 4.90 Å². The van der Waals surface area contributed by atoms with Crippen molar-refractivity contribution in [1.82, 2.24) is 0 Å². The van der Waals surface area contributed by atoms with Gasteiger partial charge in [0.1, 0.15) is 0 Å². The molecule has 1 heterocycles. The minimum atomic E-state index is -0.842. The van der Waals surface area contributed by atoms with Gasteiger partial charge in [-0.05, 0) is 45.2 Å². The lowest BCUT2D eigenvalue weighted by molar-refractivity contribution is 0.0697. The summed E-state index contributed by atoms with van der Waals surface area (Å²) in [4.78, 5) is 13.5. The van der Waals surface area contributed by atoms with Gasteiger partial charge in [0.05, 0.1) is 11.3 Å². The minimum Gasteiger partial charge on any atom is -0.478 e. The number of rotatable bonds is 2. The van der Waals surface area contributed by atoms with Gasteiger partial charge in [0.15, 0.2) is 0 Å². The lowest BCUT2D eigenvalue weighted by atomic mass is 9.95. The maximum atomic E-state index is 11.3. The summed E-state index contributed by atoms with van der Waals surface area (Å²) in [5.41, 5.74) is 1.27. The van der Waals surface area contributed by atoms with E-state index in [4.69, 9.17) is 0 Å². The van der Waals surface area contributed by atoms with Crippen molar-refractivity contribution in [3.05, 3.63) is 29.8 Å². The van der Waals surface area contributed by atoms with Crippen molar-refractivity contribution in [2.75, 3.05) is 4.90 Å². The summed E-state index contributed by atoms with van der Waals surface area (Å²) in [5.74, 6) is -0.842. The van der Waals surface area contributed by atoms with E-state index in [0.717, 1.165) is 18.5 Å². The first-order valence-corrected chi connectivity index (χ1v) is 6.22. The van der Waals surface area contributed by atoms with Crippen LogP contribution in [0.2, 0.25) is 0 Å². The predicted octanol–water partition coefficient (Wildman–Crippen LogP) is 3.15. The number of piperidine rings is 1. The van der Waals surface area contributed by atoms with Gasteiger partial charge in [-0.1, -0.05) is 12.1 Å². The van der Waals surface area contributed by atoms with Crippen LogP contribution in [0, 0.1) is 0 Å². The zero-order valence-corrected chi connectivity index (χ0v) is 10.4. The van der Waals surface area contributed by atoms with Crippen molar-refractivity contribution >= 4 is 11.7 Å². The van der Waals surface area contributed by atoms with Crippen LogP contribution in [-0.4, -0.2) is 23.2 Å². The van der Waals surface area contributed by atoms with Crippen molar-refractivity contribution in [2.24, 2.45) is 0 Å². The Balaban J connectivity index is 2.41. The zero-order chi connectivity index (χ0) is 12.4. The van der Waals surface area contributed by atoms with E-state index < -0.39 is 5.97 Å². The van der Waals surface area contributed by atoms with Gasteiger partial charge >= 0.3 is 5.97 Å². The highest BCUT2D eigenvalue weighted by molar-refractivity contribution is 5.94. The first-order chi connectivity index (χ1) is 8.11. The summed E-state index contributed by atoms with van der Waals surface area (Å²) in [6, 6.07) is 8.13. The molecule has 1 fully saturated rings. The molecule has 1 aromatic rings. The Morgan fingerprint density at radius 2 is 1.82 bits per heavy atom. The second-order valence-corrected chi connectivity index (χ2v) is 4.86. The average molecular weight is 233 g/mol. The summed E-state index contributed by atoms with van der Waals surface area (Å²) in [6.45, 7) is 4.35. The van der Waals surface area contributed by atoms with E-state index in [-0.39, 0.29) is 0 Å². The third-order valence-electron chi connectivity index (χ3n) is 3.61. The standard InChI is InChI=1S/C14H19NO2/c1-10-6-5-7-11(2)15(10)13-9-4-3-8-12(13)14(16)17/h3-4,8-11H,5-7H2,1-2H3,(H,16,17)/t10-,11-/m1/s1. The highest BCUT2D eigenvalue weighted by Gasteiger charge is 2.27. The minimum absolute atomic E-state index is 0.410. The SMILES string of the molecule is C[C@@H]1CCC[C@@H](C)N1c1ccccc1C(=O)O. The molecule has 0 radical (unpaired) electrons. The summed E-state index contributed by atoms with van der Waals surface area (Å²) in [6.07, 6.45) is 3.50. The summed E-state index contributed by atoms with van der Waals surface area (Å²) < 4.78 is 0. The van der Waals surface area contributed by atoms with Crippen LogP contribution in [0.5, 0.6) is 0 Å². The Bertz CT molecular complexity index is 406. The molecule has 1 aliphatic rings. The van der Waals surface area contributed by atoms with Gasteiger partial charge in [0.2, 0.25) is 0 Å². The number of carboxylic acids is 1. The Morgan fingerprint density at radius 1 is 1.24 bits per heavy atom. The average Bonchev–Trinajstić information content (AvgIpc) is 2.29. The summed E-state index contributed by atoms with van der Waals surface area (Å²) >= 11 is 0. The molecule has 0 bridgehead atoms. The monoisotopic (exact) mass is 233 g/mol. The molecule has 3 heteroatoms. The lowest BCUT2D eigenvalue weighted by Gasteiger charge is -2.41. The molecule has 1 aliphatic heterocycles. The number of carbonyl (C=O) groups is 1. The number of carboxylic acid groups (broad SMARTS) is 1. The molecule has 0 unspecified atom stereocenters. The van der Waals surface area contributed by atoms with E-state index in [2.05, 4.69) is 18.7 Å². The van der Waals surface area contributed by atoms with Gasteiger partial charge in [0, 0.05) is 12.1 Å². The van der Waals surface area contributed by atoms with Crippen molar-refractivity contribution in [3.63, 3.8) is 0 Å². The summed E-state index contributed by atoms with van der Waals surface area (Å²) in [7, 11) is 0. The van der Waals surface area contributed by atoms with Gasteiger partial charge in [-0.3, -0.25) is 0 Å². The topological polar surface area (TPSA) is 40.5 Å². The molecule has 0 aliphatic carbocycles. The fraction of sp³-hybridized carbons (Fsp3) is 0.500. The van der Waals surface area contributed by atoms with Crippen molar-refractivity contribution in [3.8, 4) is 0 Å². The van der Waals surface area contributed by atoms with Crippen LogP contribution in [0.4, 0.5) is 5.69 Å². The molecule has 0 amide bonds. The maximum Gasteiger partial charge on any atom is 0.337 e. The fourth-order valence-electron chi connectivity index (χ4n) is 2.78. The molecule has 17 heavy (non-hydrogen) atoms. The van der Waals surface area contributed by atoms with E-state index in [1.807, 2.05) is 12.1 Å². The molecule has 0 saturated carbocycles. The molecule has 92 valence electrons. The van der Waals surface area contributed by atoms with Gasteiger partial charge < -0.3 is 10.0 Å². The second-order valence-electron chi connectivity index (χ2n) is 4.86. The van der Waals surface area contributed by atoms with Crippen molar-refractivity contribution in [1.29, 1.82) is 0 Å². The Labute approximate surface area is 102 Å². The van der Waals surface area contributed by atoms with Crippen LogP contribution >= 0.6 is 0 Å². The van der Waals surface area contributed by atoms with Crippen molar-refractivity contribution in [2.45, 2.75) is 45.2 Å². The van der Waals surface area contributed by atoms with E-state index >= 15 is 0 Å². The van der Waals surface area contributed by atoms with Gasteiger partial charge in [-0.25, -0.2) is 4.79 Å². The lowest BCUT2D eigenvalue weighted by Crippen LogP contribution is -2.44. The van der Waals surface area contributed by atoms with Crippen LogP contribution in [0.25, 0.3) is 0 Å². The molecule has 0 aromatic heterocycles. The van der Waals surface area contributed by atoms with Gasteiger partial charge in [-0.2, -0.15) is 0 Å². The molecule has 1 N–H and O–H groups in total. The van der Waals surface area contributed by atoms with Gasteiger partial charge in [-0.15, -0.1) is 0 Å². The highest BCUT2D eigenvalue weighted by Crippen LogP contribution is 2.31. The fourth-order valence-corrected chi connectivity index (χ4v) is 2.78. The van der Waals surface area contributed by atoms with Gasteiger partial charge in [0.25, 0.3) is 0 Å². The number of hydrogen-bond donors (Lipinski definition) is 1. The number of aromatic carboxylic acids is 1. The Kier molecular flexibility index (Phi) is 3.36. The maximum absolute atomic E-state index is 11.3. The Morgan fingerprint density at radius 3 is 2.41 bits per heavy atom. The van der Waals surface area contributed by atoms with E-state index in [9.17, 15) is 9.90 Å². The molecular weight excluding hydrogens is 214 g/mol. The molecular formula is C14H19NO2. The molecule has 1 aromatic carbocycles. The smallest absolute Gasteiger partial charge is 0.337 e. The molecule has 0 spiro atoms. The zero-order valence-electron chi connectivity index (χ0n) is 10.4.